The largest absolute Gasteiger partial charge is 0.416 e. The Bertz CT molecular complexity index is 506. The number of carbonyl (C=O) groups excluding carboxylic acids is 1. The van der Waals surface area contributed by atoms with Gasteiger partial charge < -0.3 is 5.32 Å². The molecule has 1 aromatic carbocycles. The van der Waals surface area contributed by atoms with E-state index >= 15 is 0 Å². The first-order valence-corrected chi connectivity index (χ1v) is 6.24. The third kappa shape index (κ3) is 4.60. The van der Waals surface area contributed by atoms with Crippen molar-refractivity contribution in [2.24, 2.45) is 0 Å². The lowest BCUT2D eigenvalue weighted by Gasteiger charge is -2.10. The van der Waals surface area contributed by atoms with Crippen molar-refractivity contribution in [3.05, 3.63) is 33.8 Å². The second-order valence-electron chi connectivity index (χ2n) is 3.76. The summed E-state index contributed by atoms with van der Waals surface area (Å²) in [6, 6.07) is 2.94. The van der Waals surface area contributed by atoms with E-state index in [0.29, 0.717) is 23.9 Å². The number of alkyl halides is 3. The molecular weight excluding hydrogens is 323 g/mol. The van der Waals surface area contributed by atoms with Crippen LogP contribution in [0.2, 0.25) is 0 Å². The van der Waals surface area contributed by atoms with E-state index in [1.807, 2.05) is 0 Å². The van der Waals surface area contributed by atoms with E-state index < -0.39 is 17.6 Å². The van der Waals surface area contributed by atoms with Crippen LogP contribution in [-0.2, 0) is 6.18 Å². The maximum Gasteiger partial charge on any atom is 0.416 e. The SMILES string of the molecule is C#CCCCNC(=O)c1cc(C(F)(F)F)ccc1Br. The van der Waals surface area contributed by atoms with Crippen LogP contribution in [0.25, 0.3) is 0 Å². The molecule has 0 saturated heterocycles. The maximum atomic E-state index is 12.5. The lowest BCUT2D eigenvalue weighted by Crippen LogP contribution is -2.25. The van der Waals surface area contributed by atoms with Crippen molar-refractivity contribution in [3.8, 4) is 12.3 Å². The van der Waals surface area contributed by atoms with E-state index in [2.05, 4.69) is 27.2 Å². The van der Waals surface area contributed by atoms with Gasteiger partial charge in [0.25, 0.3) is 5.91 Å². The summed E-state index contributed by atoms with van der Waals surface area (Å²) < 4.78 is 38.0. The van der Waals surface area contributed by atoms with Crippen molar-refractivity contribution in [1.29, 1.82) is 0 Å². The Morgan fingerprint density at radius 3 is 2.68 bits per heavy atom. The van der Waals surface area contributed by atoms with Gasteiger partial charge in [-0.15, -0.1) is 12.3 Å². The van der Waals surface area contributed by atoms with E-state index in [9.17, 15) is 18.0 Å². The second kappa shape index (κ2) is 6.62. The average Bonchev–Trinajstić information content (AvgIpc) is 2.33. The number of carbonyl (C=O) groups is 1. The van der Waals surface area contributed by atoms with Crippen molar-refractivity contribution in [2.75, 3.05) is 6.54 Å². The van der Waals surface area contributed by atoms with Gasteiger partial charge in [-0.05, 0) is 40.5 Å². The summed E-state index contributed by atoms with van der Waals surface area (Å²) in [4.78, 5) is 11.7. The highest BCUT2D eigenvalue weighted by molar-refractivity contribution is 9.10. The predicted molar refractivity (Wildman–Crippen MR) is 69.5 cm³/mol. The standard InChI is InChI=1S/C13H11BrF3NO/c1-2-3-4-7-18-12(19)10-8-9(13(15,16)17)5-6-11(10)14/h1,5-6,8H,3-4,7H2,(H,18,19). The van der Waals surface area contributed by atoms with Crippen LogP contribution in [0.15, 0.2) is 22.7 Å². The molecule has 0 bridgehead atoms. The summed E-state index contributed by atoms with van der Waals surface area (Å²) in [6.07, 6.45) is 1.67. The number of benzene rings is 1. The van der Waals surface area contributed by atoms with Crippen LogP contribution in [0.3, 0.4) is 0 Å². The quantitative estimate of drug-likeness (QED) is 0.661. The van der Waals surface area contributed by atoms with Gasteiger partial charge in [-0.1, -0.05) is 0 Å². The van der Waals surface area contributed by atoms with Crippen LogP contribution in [0, 0.1) is 12.3 Å². The van der Waals surface area contributed by atoms with E-state index in [1.165, 1.54) is 6.07 Å². The van der Waals surface area contributed by atoms with E-state index in [1.54, 1.807) is 0 Å². The number of amides is 1. The Labute approximate surface area is 117 Å². The van der Waals surface area contributed by atoms with Crippen LogP contribution < -0.4 is 5.32 Å². The molecule has 0 unspecified atom stereocenters. The summed E-state index contributed by atoms with van der Waals surface area (Å²) >= 11 is 3.06. The minimum Gasteiger partial charge on any atom is -0.352 e. The molecule has 19 heavy (non-hydrogen) atoms. The zero-order chi connectivity index (χ0) is 14.5. The Morgan fingerprint density at radius 2 is 2.11 bits per heavy atom. The van der Waals surface area contributed by atoms with Crippen molar-refractivity contribution in [2.45, 2.75) is 19.0 Å². The van der Waals surface area contributed by atoms with Crippen molar-refractivity contribution >= 4 is 21.8 Å². The van der Waals surface area contributed by atoms with Crippen molar-refractivity contribution in [1.82, 2.24) is 5.32 Å². The zero-order valence-electron chi connectivity index (χ0n) is 9.85. The molecule has 0 spiro atoms. The van der Waals surface area contributed by atoms with E-state index in [0.717, 1.165) is 12.1 Å². The zero-order valence-corrected chi connectivity index (χ0v) is 11.4. The number of nitrogens with one attached hydrogen (secondary N) is 1. The number of hydrogen-bond acceptors (Lipinski definition) is 1. The van der Waals surface area contributed by atoms with Gasteiger partial charge in [-0.25, -0.2) is 0 Å². The van der Waals surface area contributed by atoms with Crippen molar-refractivity contribution in [3.63, 3.8) is 0 Å². The highest BCUT2D eigenvalue weighted by Crippen LogP contribution is 2.31. The van der Waals surface area contributed by atoms with Gasteiger partial charge in [0.05, 0.1) is 11.1 Å². The summed E-state index contributed by atoms with van der Waals surface area (Å²) in [5, 5.41) is 2.52. The van der Waals surface area contributed by atoms with Crippen LogP contribution >= 0.6 is 15.9 Å². The molecule has 0 radical (unpaired) electrons. The Hall–Kier alpha value is -1.48. The fourth-order valence-electron chi connectivity index (χ4n) is 1.36. The molecule has 1 rings (SSSR count). The van der Waals surface area contributed by atoms with Crippen molar-refractivity contribution < 1.29 is 18.0 Å². The normalized spacial score (nSPS) is 10.9. The molecule has 102 valence electrons. The van der Waals surface area contributed by atoms with Gasteiger partial charge >= 0.3 is 6.18 Å². The fraction of sp³-hybridized carbons (Fsp3) is 0.308. The average molecular weight is 334 g/mol. The van der Waals surface area contributed by atoms with E-state index in [4.69, 9.17) is 6.42 Å². The lowest BCUT2D eigenvalue weighted by atomic mass is 10.1. The molecule has 1 amide bonds. The molecular formula is C13H11BrF3NO. The summed E-state index contributed by atoms with van der Waals surface area (Å²) in [5.41, 5.74) is -0.903. The van der Waals surface area contributed by atoms with Crippen LogP contribution in [0.4, 0.5) is 13.2 Å². The molecule has 0 heterocycles. The highest BCUT2D eigenvalue weighted by Gasteiger charge is 2.31. The lowest BCUT2D eigenvalue weighted by molar-refractivity contribution is -0.137. The fourth-order valence-corrected chi connectivity index (χ4v) is 1.79. The smallest absolute Gasteiger partial charge is 0.352 e. The Kier molecular flexibility index (Phi) is 5.43. The van der Waals surface area contributed by atoms with Crippen LogP contribution in [0.5, 0.6) is 0 Å². The number of halogens is 4. The first-order chi connectivity index (χ1) is 8.86. The Balaban J connectivity index is 2.82. The molecule has 1 aromatic rings. The summed E-state index contributed by atoms with van der Waals surface area (Å²) in [5.74, 6) is 1.85. The van der Waals surface area contributed by atoms with Gasteiger partial charge in [0, 0.05) is 17.4 Å². The highest BCUT2D eigenvalue weighted by atomic mass is 79.9. The molecule has 2 nitrogen and oxygen atoms in total. The monoisotopic (exact) mass is 333 g/mol. The molecule has 0 aliphatic carbocycles. The van der Waals surface area contributed by atoms with Crippen LogP contribution in [0.1, 0.15) is 28.8 Å². The summed E-state index contributed by atoms with van der Waals surface area (Å²) in [7, 11) is 0. The van der Waals surface area contributed by atoms with Gasteiger partial charge in [0.2, 0.25) is 0 Å². The third-order valence-corrected chi connectivity index (χ3v) is 3.01. The van der Waals surface area contributed by atoms with Gasteiger partial charge in [-0.3, -0.25) is 4.79 Å². The topological polar surface area (TPSA) is 29.1 Å². The van der Waals surface area contributed by atoms with Gasteiger partial charge in [0.15, 0.2) is 0 Å². The van der Waals surface area contributed by atoms with Gasteiger partial charge in [-0.2, -0.15) is 13.2 Å². The Morgan fingerprint density at radius 1 is 1.42 bits per heavy atom. The first kappa shape index (κ1) is 15.6. The molecule has 0 aromatic heterocycles. The van der Waals surface area contributed by atoms with Gasteiger partial charge in [0.1, 0.15) is 0 Å². The number of terminal acetylenes is 1. The maximum absolute atomic E-state index is 12.5. The van der Waals surface area contributed by atoms with E-state index in [-0.39, 0.29) is 5.56 Å². The molecule has 1 N–H and O–H groups in total. The molecule has 0 aliphatic rings. The molecule has 0 saturated carbocycles. The van der Waals surface area contributed by atoms with Crippen LogP contribution in [-0.4, -0.2) is 12.5 Å². The minimum absolute atomic E-state index is 0.0458. The molecule has 6 heteroatoms. The number of rotatable bonds is 4. The summed E-state index contributed by atoms with van der Waals surface area (Å²) in [6.45, 7) is 0.325. The molecule has 0 aliphatic heterocycles. The number of unbranched alkanes of at least 4 members (excludes halogenated alkanes) is 1. The first-order valence-electron chi connectivity index (χ1n) is 5.44. The molecule has 0 fully saturated rings. The predicted octanol–water partition coefficient (Wildman–Crippen LogP) is 3.61. The minimum atomic E-state index is -4.47. The second-order valence-corrected chi connectivity index (χ2v) is 4.61. The number of hydrogen-bond donors (Lipinski definition) is 1. The molecule has 0 atom stereocenters. The third-order valence-electron chi connectivity index (χ3n) is 2.32.